The van der Waals surface area contributed by atoms with Gasteiger partial charge in [0.2, 0.25) is 15.2 Å². The van der Waals surface area contributed by atoms with E-state index in [0.717, 1.165) is 12.7 Å². The molecule has 2 heteroatoms. The molecular weight excluding hydrogens is 127 g/mol. The van der Waals surface area contributed by atoms with E-state index in [-0.39, 0.29) is 15.2 Å². The fourth-order valence-corrected chi connectivity index (χ4v) is 2.49. The Morgan fingerprint density at radius 2 is 2.22 bits per heavy atom. The molecular formula is C7H15AlO. The van der Waals surface area contributed by atoms with Crippen LogP contribution < -0.4 is 0 Å². The summed E-state index contributed by atoms with van der Waals surface area (Å²) in [7, 11) is 0. The lowest BCUT2D eigenvalue weighted by Gasteiger charge is -1.90. The van der Waals surface area contributed by atoms with Crippen LogP contribution in [0.25, 0.3) is 0 Å². The van der Waals surface area contributed by atoms with Gasteiger partial charge in [0.25, 0.3) is 0 Å². The number of carbonyl (C=O) groups is 1. The van der Waals surface area contributed by atoms with Gasteiger partial charge in [-0.25, -0.2) is 0 Å². The molecule has 0 bridgehead atoms. The smallest absolute Gasteiger partial charge is 0.237 e. The fraction of sp³-hybridized carbons (Fsp3) is 0.857. The average Bonchev–Trinajstić information content (AvgIpc) is 1.89. The molecule has 0 aliphatic rings. The van der Waals surface area contributed by atoms with E-state index in [4.69, 9.17) is 0 Å². The zero-order valence-electron chi connectivity index (χ0n) is 6.23. The molecule has 0 aliphatic heterocycles. The van der Waals surface area contributed by atoms with E-state index >= 15 is 0 Å². The minimum atomic E-state index is 0.158. The second-order valence-electron chi connectivity index (χ2n) is 2.37. The van der Waals surface area contributed by atoms with Crippen LogP contribution in [0.5, 0.6) is 0 Å². The van der Waals surface area contributed by atoms with Crippen LogP contribution in [-0.4, -0.2) is 21.5 Å². The van der Waals surface area contributed by atoms with Crippen LogP contribution in [0.15, 0.2) is 0 Å². The Morgan fingerprint density at radius 3 is 2.78 bits per heavy atom. The monoisotopic (exact) mass is 142 g/mol. The third kappa shape index (κ3) is 8.20. The highest BCUT2D eigenvalue weighted by molar-refractivity contribution is 6.35. The molecule has 0 aromatic carbocycles. The van der Waals surface area contributed by atoms with Crippen LogP contribution in [0.2, 0.25) is 10.6 Å². The highest BCUT2D eigenvalue weighted by atomic mass is 27.1. The topological polar surface area (TPSA) is 17.1 Å². The number of carbonyl (C=O) groups excluding carboxylic acids is 1. The minimum Gasteiger partial charge on any atom is -0.303 e. The van der Waals surface area contributed by atoms with Gasteiger partial charge in [-0.3, -0.25) is 0 Å². The molecule has 52 valence electrons. The Labute approximate surface area is 63.5 Å². The molecule has 0 aromatic heterocycles. The first kappa shape index (κ1) is 9.20. The Morgan fingerprint density at radius 1 is 1.44 bits per heavy atom. The first-order valence-electron chi connectivity index (χ1n) is 3.85. The van der Waals surface area contributed by atoms with Crippen LogP contribution in [0.3, 0.4) is 0 Å². The predicted octanol–water partition coefficient (Wildman–Crippen LogP) is 1.65. The summed E-state index contributed by atoms with van der Waals surface area (Å²) in [5.74, 6) is 0. The number of unbranched alkanes of at least 4 members (excludes halogenated alkanes) is 1. The van der Waals surface area contributed by atoms with Gasteiger partial charge in [0.05, 0.1) is 0 Å². The van der Waals surface area contributed by atoms with Crippen LogP contribution in [0.4, 0.5) is 0 Å². The maximum atomic E-state index is 9.86. The maximum Gasteiger partial charge on any atom is 0.237 e. The Bertz CT molecular complexity index is 63.9. The van der Waals surface area contributed by atoms with Crippen molar-refractivity contribution in [1.29, 1.82) is 0 Å². The van der Waals surface area contributed by atoms with Gasteiger partial charge >= 0.3 is 0 Å². The van der Waals surface area contributed by atoms with Gasteiger partial charge in [-0.1, -0.05) is 30.3 Å². The van der Waals surface area contributed by atoms with Crippen molar-refractivity contribution in [2.24, 2.45) is 0 Å². The highest BCUT2D eigenvalue weighted by Crippen LogP contribution is 1.96. The summed E-state index contributed by atoms with van der Waals surface area (Å²) in [5.41, 5.74) is 0. The fourth-order valence-electron chi connectivity index (χ4n) is 0.831. The van der Waals surface area contributed by atoms with Gasteiger partial charge in [0, 0.05) is 0 Å². The predicted molar refractivity (Wildman–Crippen MR) is 42.4 cm³/mol. The van der Waals surface area contributed by atoms with Crippen LogP contribution in [0, 0.1) is 0 Å². The molecule has 1 nitrogen and oxygen atoms in total. The Hall–Kier alpha value is 0.202. The minimum absolute atomic E-state index is 0.158. The summed E-state index contributed by atoms with van der Waals surface area (Å²) >= 11 is 0.158. The van der Waals surface area contributed by atoms with E-state index in [2.05, 4.69) is 6.92 Å². The molecule has 0 atom stereocenters. The summed E-state index contributed by atoms with van der Waals surface area (Å²) in [6.07, 6.45) is 4.55. The molecule has 0 fully saturated rings. The SMILES string of the molecule is CCC[CH2][AlH][CH2]CC=O. The molecule has 0 aliphatic carbocycles. The third-order valence-corrected chi connectivity index (χ3v) is 3.33. The van der Waals surface area contributed by atoms with Crippen LogP contribution >= 0.6 is 0 Å². The summed E-state index contributed by atoms with van der Waals surface area (Å²) < 4.78 is 0. The second kappa shape index (κ2) is 8.20. The molecule has 0 amide bonds. The summed E-state index contributed by atoms with van der Waals surface area (Å²) in [4.78, 5) is 9.86. The van der Waals surface area contributed by atoms with E-state index in [0.29, 0.717) is 0 Å². The van der Waals surface area contributed by atoms with Crippen molar-refractivity contribution in [3.63, 3.8) is 0 Å². The van der Waals surface area contributed by atoms with E-state index < -0.39 is 0 Å². The molecule has 0 N–H and O–H groups in total. The number of hydrogen-bond donors (Lipinski definition) is 0. The van der Waals surface area contributed by atoms with E-state index in [1.54, 1.807) is 0 Å². The lowest BCUT2D eigenvalue weighted by Crippen LogP contribution is -1.88. The largest absolute Gasteiger partial charge is 0.303 e. The summed E-state index contributed by atoms with van der Waals surface area (Å²) in [5, 5.41) is 2.66. The van der Waals surface area contributed by atoms with Gasteiger partial charge in [-0.15, -0.1) is 0 Å². The van der Waals surface area contributed by atoms with E-state index in [9.17, 15) is 4.79 Å². The molecule has 0 saturated carbocycles. The first-order chi connectivity index (χ1) is 4.41. The standard InChI is InChI=1S/C4H9.C3H5O.Al.H/c1-3-4-2;1-2-3-4;;/h1,3-4H2,2H3;3H,1-2H2;;. The number of rotatable bonds is 6. The molecule has 0 radical (unpaired) electrons. The van der Waals surface area contributed by atoms with Crippen molar-refractivity contribution in [1.82, 2.24) is 0 Å². The van der Waals surface area contributed by atoms with E-state index in [1.165, 1.54) is 23.4 Å². The zero-order chi connectivity index (χ0) is 6.95. The average molecular weight is 142 g/mol. The normalized spacial score (nSPS) is 9.00. The zero-order valence-corrected chi connectivity index (χ0v) is 7.64. The third-order valence-electron chi connectivity index (χ3n) is 1.43. The van der Waals surface area contributed by atoms with Crippen molar-refractivity contribution in [3.05, 3.63) is 0 Å². The van der Waals surface area contributed by atoms with Gasteiger partial charge in [-0.05, 0) is 6.42 Å². The number of aldehydes is 1. The van der Waals surface area contributed by atoms with Gasteiger partial charge < -0.3 is 4.79 Å². The molecule has 0 unspecified atom stereocenters. The molecule has 0 aromatic rings. The lowest BCUT2D eigenvalue weighted by atomic mass is 10.4. The maximum absolute atomic E-state index is 9.86. The molecule has 9 heavy (non-hydrogen) atoms. The van der Waals surface area contributed by atoms with Gasteiger partial charge in [-0.2, -0.15) is 0 Å². The van der Waals surface area contributed by atoms with Crippen LogP contribution in [0.1, 0.15) is 26.2 Å². The Kier molecular flexibility index (Phi) is 8.39. The van der Waals surface area contributed by atoms with Crippen molar-refractivity contribution in [2.75, 3.05) is 0 Å². The van der Waals surface area contributed by atoms with Crippen molar-refractivity contribution < 1.29 is 4.79 Å². The summed E-state index contributed by atoms with van der Waals surface area (Å²) in [6, 6.07) is 0. The molecule has 0 saturated heterocycles. The first-order valence-corrected chi connectivity index (χ1v) is 5.85. The quantitative estimate of drug-likeness (QED) is 0.313. The molecule has 0 spiro atoms. The van der Waals surface area contributed by atoms with Crippen molar-refractivity contribution in [3.8, 4) is 0 Å². The highest BCUT2D eigenvalue weighted by Gasteiger charge is 1.90. The number of hydrogen-bond acceptors (Lipinski definition) is 1. The Balaban J connectivity index is 2.66. The van der Waals surface area contributed by atoms with Crippen LogP contribution in [-0.2, 0) is 4.79 Å². The molecule has 0 heterocycles. The summed E-state index contributed by atoms with van der Waals surface area (Å²) in [6.45, 7) is 2.22. The van der Waals surface area contributed by atoms with Gasteiger partial charge in [0.1, 0.15) is 6.29 Å². The molecule has 0 rings (SSSR count). The van der Waals surface area contributed by atoms with Crippen molar-refractivity contribution in [2.45, 2.75) is 36.8 Å². The van der Waals surface area contributed by atoms with Crippen molar-refractivity contribution >= 4 is 21.5 Å². The lowest BCUT2D eigenvalue weighted by molar-refractivity contribution is -0.107. The second-order valence-corrected chi connectivity index (χ2v) is 4.49. The van der Waals surface area contributed by atoms with Gasteiger partial charge in [0.15, 0.2) is 0 Å². The van der Waals surface area contributed by atoms with E-state index in [1.807, 2.05) is 0 Å².